The fourth-order valence-corrected chi connectivity index (χ4v) is 2.88. The number of hydrogen-bond donors (Lipinski definition) is 2. The predicted molar refractivity (Wildman–Crippen MR) is 93.8 cm³/mol. The number of amides is 3. The Morgan fingerprint density at radius 3 is 2.68 bits per heavy atom. The van der Waals surface area contributed by atoms with Crippen molar-refractivity contribution in [1.82, 2.24) is 10.2 Å². The van der Waals surface area contributed by atoms with E-state index in [1.807, 2.05) is 0 Å². The summed E-state index contributed by atoms with van der Waals surface area (Å²) in [6.07, 6.45) is 3.06. The second-order valence-electron chi connectivity index (χ2n) is 6.22. The molecule has 6 nitrogen and oxygen atoms in total. The Kier molecular flexibility index (Phi) is 7.66. The van der Waals surface area contributed by atoms with E-state index in [2.05, 4.69) is 10.6 Å². The minimum atomic E-state index is -0.435. The van der Waals surface area contributed by atoms with Crippen LogP contribution in [0.25, 0.3) is 0 Å². The van der Waals surface area contributed by atoms with Crippen LogP contribution < -0.4 is 10.6 Å². The Morgan fingerprint density at radius 2 is 2.00 bits per heavy atom. The smallest absolute Gasteiger partial charge is 0.321 e. The van der Waals surface area contributed by atoms with Gasteiger partial charge in [0.1, 0.15) is 5.82 Å². The molecule has 2 rings (SSSR count). The van der Waals surface area contributed by atoms with Crippen molar-refractivity contribution < 1.29 is 18.7 Å². The molecular formula is C18H26FN3O3. The van der Waals surface area contributed by atoms with Gasteiger partial charge in [-0.05, 0) is 37.3 Å². The molecule has 0 radical (unpaired) electrons. The monoisotopic (exact) mass is 351 g/mol. The highest BCUT2D eigenvalue weighted by Crippen LogP contribution is 2.21. The number of halogens is 1. The van der Waals surface area contributed by atoms with E-state index in [1.54, 1.807) is 30.2 Å². The van der Waals surface area contributed by atoms with Crippen LogP contribution >= 0.6 is 0 Å². The third-order valence-corrected chi connectivity index (χ3v) is 4.43. The number of carbonyl (C=O) groups is 2. The summed E-state index contributed by atoms with van der Waals surface area (Å²) >= 11 is 0. The summed E-state index contributed by atoms with van der Waals surface area (Å²) in [4.78, 5) is 25.4. The zero-order valence-electron chi connectivity index (χ0n) is 14.6. The first kappa shape index (κ1) is 19.2. The molecule has 0 spiro atoms. The quantitative estimate of drug-likeness (QED) is 0.793. The van der Waals surface area contributed by atoms with Crippen LogP contribution in [-0.2, 0) is 9.53 Å². The van der Waals surface area contributed by atoms with Crippen LogP contribution in [0.1, 0.15) is 25.7 Å². The predicted octanol–water partition coefficient (Wildman–Crippen LogP) is 2.61. The number of likely N-dealkylation sites (tertiary alicyclic amines) is 1. The lowest BCUT2D eigenvalue weighted by Gasteiger charge is -2.32. The highest BCUT2D eigenvalue weighted by molar-refractivity contribution is 5.89. The lowest BCUT2D eigenvalue weighted by Crippen LogP contribution is -2.41. The molecule has 0 atom stereocenters. The summed E-state index contributed by atoms with van der Waals surface area (Å²) in [5.41, 5.74) is 0.202. The van der Waals surface area contributed by atoms with Gasteiger partial charge in [-0.1, -0.05) is 12.1 Å². The molecule has 1 aromatic carbocycles. The molecule has 0 aliphatic carbocycles. The molecule has 0 saturated carbocycles. The highest BCUT2D eigenvalue weighted by atomic mass is 19.1. The summed E-state index contributed by atoms with van der Waals surface area (Å²) in [7, 11) is 1.57. The average molecular weight is 351 g/mol. The largest absolute Gasteiger partial charge is 0.384 e. The molecule has 1 heterocycles. The van der Waals surface area contributed by atoms with Gasteiger partial charge in [0.15, 0.2) is 0 Å². The van der Waals surface area contributed by atoms with Crippen LogP contribution in [0.15, 0.2) is 24.3 Å². The van der Waals surface area contributed by atoms with Crippen molar-refractivity contribution in [2.75, 3.05) is 38.7 Å². The zero-order chi connectivity index (χ0) is 18.1. The fraction of sp³-hybridized carbons (Fsp3) is 0.556. The molecule has 1 saturated heterocycles. The van der Waals surface area contributed by atoms with E-state index in [1.165, 1.54) is 6.07 Å². The molecule has 2 N–H and O–H groups in total. The van der Waals surface area contributed by atoms with Gasteiger partial charge in [0.2, 0.25) is 5.91 Å². The minimum Gasteiger partial charge on any atom is -0.384 e. The van der Waals surface area contributed by atoms with E-state index < -0.39 is 5.82 Å². The second-order valence-corrected chi connectivity index (χ2v) is 6.22. The second kappa shape index (κ2) is 9.98. The first-order valence-corrected chi connectivity index (χ1v) is 8.66. The number of urea groups is 1. The standard InChI is InChI=1S/C18H26FN3O3/c1-25-13-9-17(23)20-10-6-14-7-11-22(12-8-14)18(24)21-16-5-3-2-4-15(16)19/h2-5,14H,6-13H2,1H3,(H,20,23)(H,21,24). The van der Waals surface area contributed by atoms with E-state index >= 15 is 0 Å². The van der Waals surface area contributed by atoms with Crippen molar-refractivity contribution in [3.63, 3.8) is 0 Å². The number of nitrogens with one attached hydrogen (secondary N) is 2. The van der Waals surface area contributed by atoms with E-state index in [0.29, 0.717) is 38.6 Å². The van der Waals surface area contributed by atoms with Gasteiger partial charge in [0, 0.05) is 33.2 Å². The number of benzene rings is 1. The minimum absolute atomic E-state index is 0.00329. The molecular weight excluding hydrogens is 325 g/mol. The molecule has 1 aromatic rings. The Bertz CT molecular complexity index is 574. The number of ether oxygens (including phenoxy) is 1. The Hall–Kier alpha value is -2.15. The van der Waals surface area contributed by atoms with Crippen LogP contribution in [0.5, 0.6) is 0 Å². The average Bonchev–Trinajstić information content (AvgIpc) is 2.62. The normalized spacial score (nSPS) is 15.0. The summed E-state index contributed by atoms with van der Waals surface area (Å²) in [6.45, 7) is 2.36. The molecule has 7 heteroatoms. The van der Waals surface area contributed by atoms with Gasteiger partial charge in [-0.2, -0.15) is 0 Å². The molecule has 138 valence electrons. The van der Waals surface area contributed by atoms with Crippen LogP contribution in [0, 0.1) is 11.7 Å². The van der Waals surface area contributed by atoms with Crippen molar-refractivity contribution in [2.45, 2.75) is 25.7 Å². The number of nitrogens with zero attached hydrogens (tertiary/aromatic N) is 1. The third-order valence-electron chi connectivity index (χ3n) is 4.43. The lowest BCUT2D eigenvalue weighted by molar-refractivity contribution is -0.122. The molecule has 0 unspecified atom stereocenters. The van der Waals surface area contributed by atoms with Gasteiger partial charge in [-0.25, -0.2) is 9.18 Å². The van der Waals surface area contributed by atoms with Crippen molar-refractivity contribution in [3.8, 4) is 0 Å². The number of carbonyl (C=O) groups excluding carboxylic acids is 2. The summed E-state index contributed by atoms with van der Waals surface area (Å²) in [5.74, 6) is 0.0544. The zero-order valence-corrected chi connectivity index (χ0v) is 14.6. The molecule has 1 aliphatic heterocycles. The SMILES string of the molecule is COCCC(=O)NCCC1CCN(C(=O)Nc2ccccc2F)CC1. The van der Waals surface area contributed by atoms with Gasteiger partial charge in [0.05, 0.1) is 12.3 Å². The van der Waals surface area contributed by atoms with Gasteiger partial charge in [-0.3, -0.25) is 4.79 Å². The molecule has 25 heavy (non-hydrogen) atoms. The molecule has 0 bridgehead atoms. The van der Waals surface area contributed by atoms with E-state index in [4.69, 9.17) is 4.74 Å². The first-order chi connectivity index (χ1) is 12.1. The van der Waals surface area contributed by atoms with Gasteiger partial charge in [0.25, 0.3) is 0 Å². The number of methoxy groups -OCH3 is 1. The first-order valence-electron chi connectivity index (χ1n) is 8.66. The van der Waals surface area contributed by atoms with Crippen LogP contribution in [0.2, 0.25) is 0 Å². The van der Waals surface area contributed by atoms with E-state index in [9.17, 15) is 14.0 Å². The van der Waals surface area contributed by atoms with E-state index in [-0.39, 0.29) is 17.6 Å². The number of para-hydroxylation sites is 1. The van der Waals surface area contributed by atoms with Crippen molar-refractivity contribution >= 4 is 17.6 Å². The maximum Gasteiger partial charge on any atom is 0.321 e. The molecule has 0 aromatic heterocycles. The lowest BCUT2D eigenvalue weighted by atomic mass is 9.93. The fourth-order valence-electron chi connectivity index (χ4n) is 2.88. The van der Waals surface area contributed by atoms with Crippen molar-refractivity contribution in [1.29, 1.82) is 0 Å². The summed E-state index contributed by atoms with van der Waals surface area (Å²) in [5, 5.41) is 5.50. The maximum atomic E-state index is 13.6. The van der Waals surface area contributed by atoms with Crippen molar-refractivity contribution in [3.05, 3.63) is 30.1 Å². The third kappa shape index (κ3) is 6.34. The van der Waals surface area contributed by atoms with Crippen LogP contribution in [0.4, 0.5) is 14.9 Å². The summed E-state index contributed by atoms with van der Waals surface area (Å²) < 4.78 is 18.5. The van der Waals surface area contributed by atoms with Gasteiger partial charge < -0.3 is 20.3 Å². The van der Waals surface area contributed by atoms with Gasteiger partial charge in [-0.15, -0.1) is 0 Å². The van der Waals surface area contributed by atoms with Gasteiger partial charge >= 0.3 is 6.03 Å². The van der Waals surface area contributed by atoms with Crippen molar-refractivity contribution in [2.24, 2.45) is 5.92 Å². The van der Waals surface area contributed by atoms with Crippen LogP contribution in [-0.4, -0.2) is 50.2 Å². The maximum absolute atomic E-state index is 13.6. The van der Waals surface area contributed by atoms with Crippen LogP contribution in [0.3, 0.4) is 0 Å². The molecule has 1 fully saturated rings. The number of piperidine rings is 1. The highest BCUT2D eigenvalue weighted by Gasteiger charge is 2.23. The molecule has 3 amide bonds. The molecule has 1 aliphatic rings. The number of anilines is 1. The topological polar surface area (TPSA) is 70.7 Å². The Labute approximate surface area is 147 Å². The number of rotatable bonds is 7. The summed E-state index contributed by atoms with van der Waals surface area (Å²) in [6, 6.07) is 5.88. The Balaban J connectivity index is 1.66. The van der Waals surface area contributed by atoms with E-state index in [0.717, 1.165) is 19.3 Å². The number of hydrogen-bond acceptors (Lipinski definition) is 3. The Morgan fingerprint density at radius 1 is 1.28 bits per heavy atom.